The summed E-state index contributed by atoms with van der Waals surface area (Å²) < 4.78 is 0. The van der Waals surface area contributed by atoms with E-state index in [1.807, 2.05) is 12.1 Å². The highest BCUT2D eigenvalue weighted by Gasteiger charge is 2.14. The molecule has 118 valence electrons. The predicted molar refractivity (Wildman–Crippen MR) is 88.5 cm³/mol. The molecule has 0 radical (unpaired) electrons. The Morgan fingerprint density at radius 3 is 2.57 bits per heavy atom. The molecular formula is C18H18N2O3. The smallest absolute Gasteiger partial charge is 0.269 e. The van der Waals surface area contributed by atoms with E-state index in [4.69, 9.17) is 0 Å². The van der Waals surface area contributed by atoms with Gasteiger partial charge in [0.05, 0.1) is 11.3 Å². The van der Waals surface area contributed by atoms with Crippen LogP contribution in [0, 0.1) is 10.1 Å². The molecule has 23 heavy (non-hydrogen) atoms. The first-order chi connectivity index (χ1) is 11.1. The number of non-ortho nitro benzene ring substituents is 1. The highest BCUT2D eigenvalue weighted by atomic mass is 16.6. The van der Waals surface area contributed by atoms with Gasteiger partial charge >= 0.3 is 0 Å². The minimum atomic E-state index is -0.444. The number of anilines is 1. The van der Waals surface area contributed by atoms with Crippen molar-refractivity contribution in [3.8, 4) is 0 Å². The maximum atomic E-state index is 12.2. The van der Waals surface area contributed by atoms with Crippen molar-refractivity contribution in [1.82, 2.24) is 0 Å². The Kier molecular flexibility index (Phi) is 4.37. The van der Waals surface area contributed by atoms with Gasteiger partial charge in [-0.25, -0.2) is 0 Å². The van der Waals surface area contributed by atoms with Crippen LogP contribution in [0.2, 0.25) is 0 Å². The zero-order valence-electron chi connectivity index (χ0n) is 12.7. The maximum Gasteiger partial charge on any atom is 0.269 e. The molecule has 3 rings (SSSR count). The fourth-order valence-corrected chi connectivity index (χ4v) is 3.01. The summed E-state index contributed by atoms with van der Waals surface area (Å²) in [6.45, 7) is 0. The van der Waals surface area contributed by atoms with Crippen molar-refractivity contribution in [2.24, 2.45) is 0 Å². The Hall–Kier alpha value is -2.69. The molecular weight excluding hydrogens is 292 g/mol. The van der Waals surface area contributed by atoms with Crippen LogP contribution in [0.5, 0.6) is 0 Å². The van der Waals surface area contributed by atoms with Crippen molar-refractivity contribution in [3.63, 3.8) is 0 Å². The van der Waals surface area contributed by atoms with E-state index in [2.05, 4.69) is 11.4 Å². The van der Waals surface area contributed by atoms with Gasteiger partial charge in [0.15, 0.2) is 0 Å². The fraction of sp³-hybridized carbons (Fsp3) is 0.278. The summed E-state index contributed by atoms with van der Waals surface area (Å²) in [4.78, 5) is 22.4. The molecule has 0 aromatic heterocycles. The average Bonchev–Trinajstić information content (AvgIpc) is 2.55. The van der Waals surface area contributed by atoms with Crippen molar-refractivity contribution in [2.75, 3.05) is 5.32 Å². The molecule has 1 amide bonds. The number of nitro benzene ring substituents is 1. The molecule has 0 aliphatic heterocycles. The Balaban J connectivity index is 1.69. The third-order valence-electron chi connectivity index (χ3n) is 4.18. The fourth-order valence-electron chi connectivity index (χ4n) is 3.01. The topological polar surface area (TPSA) is 72.2 Å². The lowest BCUT2D eigenvalue weighted by atomic mass is 9.90. The quantitative estimate of drug-likeness (QED) is 0.692. The highest BCUT2D eigenvalue weighted by Crippen LogP contribution is 2.28. The van der Waals surface area contributed by atoms with Crippen LogP contribution < -0.4 is 5.32 Å². The lowest BCUT2D eigenvalue weighted by Gasteiger charge is -2.19. The summed E-state index contributed by atoms with van der Waals surface area (Å²) in [5, 5.41) is 13.6. The van der Waals surface area contributed by atoms with Crippen molar-refractivity contribution >= 4 is 17.3 Å². The van der Waals surface area contributed by atoms with Gasteiger partial charge in [-0.15, -0.1) is 0 Å². The predicted octanol–water partition coefficient (Wildman–Crippen LogP) is 3.65. The summed E-state index contributed by atoms with van der Waals surface area (Å²) >= 11 is 0. The van der Waals surface area contributed by atoms with E-state index >= 15 is 0 Å². The zero-order chi connectivity index (χ0) is 16.2. The van der Waals surface area contributed by atoms with Crippen LogP contribution in [0.3, 0.4) is 0 Å². The molecule has 5 heteroatoms. The molecule has 0 unspecified atom stereocenters. The van der Waals surface area contributed by atoms with Gasteiger partial charge in [-0.1, -0.05) is 24.3 Å². The van der Waals surface area contributed by atoms with Crippen LogP contribution in [0.1, 0.15) is 29.5 Å². The number of carbonyl (C=O) groups is 1. The molecule has 0 atom stereocenters. The SMILES string of the molecule is O=C(Cc1ccc([N+](=O)[O-])cc1)Nc1cccc2c1CCCC2. The van der Waals surface area contributed by atoms with Gasteiger partial charge in [-0.2, -0.15) is 0 Å². The number of hydrogen-bond acceptors (Lipinski definition) is 3. The molecule has 1 N–H and O–H groups in total. The second-order valence-corrected chi connectivity index (χ2v) is 5.80. The molecule has 0 spiro atoms. The third-order valence-corrected chi connectivity index (χ3v) is 4.18. The van der Waals surface area contributed by atoms with Gasteiger partial charge in [0.2, 0.25) is 5.91 Å². The van der Waals surface area contributed by atoms with E-state index < -0.39 is 4.92 Å². The van der Waals surface area contributed by atoms with Gasteiger partial charge in [0.25, 0.3) is 5.69 Å². The number of nitrogens with zero attached hydrogens (tertiary/aromatic N) is 1. The molecule has 0 saturated carbocycles. The van der Waals surface area contributed by atoms with E-state index in [1.54, 1.807) is 12.1 Å². The van der Waals surface area contributed by atoms with Crippen molar-refractivity contribution in [3.05, 3.63) is 69.3 Å². The maximum absolute atomic E-state index is 12.2. The van der Waals surface area contributed by atoms with Crippen LogP contribution in [0.4, 0.5) is 11.4 Å². The second kappa shape index (κ2) is 6.60. The molecule has 2 aromatic carbocycles. The van der Waals surface area contributed by atoms with E-state index in [-0.39, 0.29) is 18.0 Å². The Morgan fingerprint density at radius 2 is 1.83 bits per heavy atom. The molecule has 1 aliphatic rings. The minimum Gasteiger partial charge on any atom is -0.326 e. The van der Waals surface area contributed by atoms with Crippen LogP contribution in [-0.2, 0) is 24.1 Å². The summed E-state index contributed by atoms with van der Waals surface area (Å²) in [6.07, 6.45) is 4.64. The van der Waals surface area contributed by atoms with Crippen LogP contribution in [0.25, 0.3) is 0 Å². The number of hydrogen-bond donors (Lipinski definition) is 1. The molecule has 0 saturated heterocycles. The monoisotopic (exact) mass is 310 g/mol. The molecule has 0 heterocycles. The molecule has 5 nitrogen and oxygen atoms in total. The van der Waals surface area contributed by atoms with Gasteiger partial charge in [-0.3, -0.25) is 14.9 Å². The first kappa shape index (κ1) is 15.2. The number of nitro groups is 1. The third kappa shape index (κ3) is 3.56. The number of rotatable bonds is 4. The lowest BCUT2D eigenvalue weighted by Crippen LogP contribution is -2.17. The molecule has 0 bridgehead atoms. The van der Waals surface area contributed by atoms with Gasteiger partial charge in [0.1, 0.15) is 0 Å². The van der Waals surface area contributed by atoms with E-state index in [0.717, 1.165) is 30.5 Å². The van der Waals surface area contributed by atoms with E-state index in [9.17, 15) is 14.9 Å². The minimum absolute atomic E-state index is 0.0336. The van der Waals surface area contributed by atoms with Gasteiger partial charge in [-0.05, 0) is 48.4 Å². The Bertz CT molecular complexity index is 738. The van der Waals surface area contributed by atoms with Crippen molar-refractivity contribution in [2.45, 2.75) is 32.1 Å². The number of aryl methyl sites for hydroxylation is 1. The number of amides is 1. The van der Waals surface area contributed by atoms with Crippen molar-refractivity contribution in [1.29, 1.82) is 0 Å². The first-order valence-electron chi connectivity index (χ1n) is 7.77. The molecule has 1 aliphatic carbocycles. The normalized spacial score (nSPS) is 13.2. The first-order valence-corrected chi connectivity index (χ1v) is 7.77. The number of nitrogens with one attached hydrogen (secondary N) is 1. The summed E-state index contributed by atoms with van der Waals surface area (Å²) in [6, 6.07) is 12.1. The number of fused-ring (bicyclic) bond motifs is 1. The molecule has 0 fully saturated rings. The Morgan fingerprint density at radius 1 is 1.09 bits per heavy atom. The second-order valence-electron chi connectivity index (χ2n) is 5.80. The average molecular weight is 310 g/mol. The van der Waals surface area contributed by atoms with Gasteiger partial charge in [0, 0.05) is 17.8 Å². The summed E-state index contributed by atoms with van der Waals surface area (Å²) in [5.41, 5.74) is 4.26. The van der Waals surface area contributed by atoms with Crippen LogP contribution in [-0.4, -0.2) is 10.8 Å². The standard InChI is InChI=1S/C18H18N2O3/c21-18(12-13-8-10-15(11-9-13)20(22)23)19-17-7-3-5-14-4-1-2-6-16(14)17/h3,5,7-11H,1-2,4,6,12H2,(H,19,21). The van der Waals surface area contributed by atoms with Crippen LogP contribution >= 0.6 is 0 Å². The van der Waals surface area contributed by atoms with Gasteiger partial charge < -0.3 is 5.32 Å². The molecule has 2 aromatic rings. The largest absolute Gasteiger partial charge is 0.326 e. The number of carbonyl (C=O) groups excluding carboxylic acids is 1. The van der Waals surface area contributed by atoms with E-state index in [0.29, 0.717) is 0 Å². The van der Waals surface area contributed by atoms with Crippen LogP contribution in [0.15, 0.2) is 42.5 Å². The summed E-state index contributed by atoms with van der Waals surface area (Å²) in [5.74, 6) is -0.0992. The number of benzene rings is 2. The highest BCUT2D eigenvalue weighted by molar-refractivity contribution is 5.93. The van der Waals surface area contributed by atoms with E-state index in [1.165, 1.54) is 29.7 Å². The zero-order valence-corrected chi connectivity index (χ0v) is 12.7. The van der Waals surface area contributed by atoms with Crippen molar-refractivity contribution < 1.29 is 9.72 Å². The Labute approximate surface area is 134 Å². The summed E-state index contributed by atoms with van der Waals surface area (Å²) in [7, 11) is 0. The lowest BCUT2D eigenvalue weighted by molar-refractivity contribution is -0.384.